The van der Waals surface area contributed by atoms with Gasteiger partial charge < -0.3 is 14.0 Å². The lowest BCUT2D eigenvalue weighted by atomic mass is 10.1. The Balaban J connectivity index is 1.63. The van der Waals surface area contributed by atoms with Crippen LogP contribution in [0.25, 0.3) is 22.3 Å². The molecule has 0 unspecified atom stereocenters. The van der Waals surface area contributed by atoms with Gasteiger partial charge in [-0.2, -0.15) is 0 Å². The molecular formula is C24H19NO4. The monoisotopic (exact) mass is 385 g/mol. The van der Waals surface area contributed by atoms with Crippen molar-refractivity contribution in [1.82, 2.24) is 0 Å². The van der Waals surface area contributed by atoms with Crippen LogP contribution in [0.15, 0.2) is 99.3 Å². The second kappa shape index (κ2) is 8.44. The van der Waals surface area contributed by atoms with Gasteiger partial charge in [-0.25, -0.2) is 0 Å². The van der Waals surface area contributed by atoms with Crippen LogP contribution in [0, 0.1) is 0 Å². The molecule has 1 heterocycles. The van der Waals surface area contributed by atoms with Crippen molar-refractivity contribution < 1.29 is 14.0 Å². The quantitative estimate of drug-likeness (QED) is 0.350. The summed E-state index contributed by atoms with van der Waals surface area (Å²) in [4.78, 5) is 17.4. The van der Waals surface area contributed by atoms with Crippen molar-refractivity contribution in [3.63, 3.8) is 0 Å². The van der Waals surface area contributed by atoms with Crippen LogP contribution in [0.4, 0.5) is 0 Å². The number of hydrogen-bond acceptors (Lipinski definition) is 5. The van der Waals surface area contributed by atoms with Crippen LogP contribution < -0.4 is 10.2 Å². The summed E-state index contributed by atoms with van der Waals surface area (Å²) in [6.45, 7) is 0.214. The molecule has 0 spiro atoms. The van der Waals surface area contributed by atoms with Crippen LogP contribution in [0.1, 0.15) is 5.56 Å². The third-order valence-corrected chi connectivity index (χ3v) is 4.44. The molecule has 0 atom stereocenters. The van der Waals surface area contributed by atoms with Gasteiger partial charge in [0.2, 0.25) is 0 Å². The van der Waals surface area contributed by atoms with Gasteiger partial charge in [0.25, 0.3) is 0 Å². The maximum absolute atomic E-state index is 12.5. The largest absolute Gasteiger partial charge is 0.487 e. The van der Waals surface area contributed by atoms with E-state index in [9.17, 15) is 4.79 Å². The minimum atomic E-state index is -0.0948. The Morgan fingerprint density at radius 2 is 1.66 bits per heavy atom. The molecule has 0 saturated carbocycles. The Morgan fingerprint density at radius 1 is 0.931 bits per heavy atom. The van der Waals surface area contributed by atoms with Gasteiger partial charge >= 0.3 is 0 Å². The van der Waals surface area contributed by atoms with E-state index in [0.29, 0.717) is 28.2 Å². The van der Waals surface area contributed by atoms with Crippen LogP contribution in [0.2, 0.25) is 0 Å². The normalized spacial score (nSPS) is 11.4. The molecule has 5 nitrogen and oxygen atoms in total. The third-order valence-electron chi connectivity index (χ3n) is 4.44. The summed E-state index contributed by atoms with van der Waals surface area (Å²) in [5.41, 5.74) is 2.79. The Bertz CT molecular complexity index is 1200. The van der Waals surface area contributed by atoms with Gasteiger partial charge in [-0.15, -0.1) is 0 Å². The van der Waals surface area contributed by atoms with Crippen molar-refractivity contribution in [3.05, 3.63) is 101 Å². The van der Waals surface area contributed by atoms with Crippen molar-refractivity contribution in [1.29, 1.82) is 0 Å². The maximum Gasteiger partial charge on any atom is 0.193 e. The van der Waals surface area contributed by atoms with E-state index in [4.69, 9.17) is 14.0 Å². The van der Waals surface area contributed by atoms with Crippen molar-refractivity contribution in [2.75, 3.05) is 13.7 Å². The first-order chi connectivity index (χ1) is 14.2. The average molecular weight is 385 g/mol. The minimum Gasteiger partial charge on any atom is -0.487 e. The Hall–Kier alpha value is -3.86. The van der Waals surface area contributed by atoms with Gasteiger partial charge in [-0.3, -0.25) is 4.79 Å². The standard InChI is InChI=1S/C24H19NO4/c1-27-25-21(17-8-4-2-5-9-17)16-28-19-12-13-20-22(26)15-23(29-24(20)14-19)18-10-6-3-7-11-18/h2-15H,16H2,1H3/b25-21-. The predicted octanol–water partition coefficient (Wildman–Crippen LogP) is 4.89. The Morgan fingerprint density at radius 3 is 2.38 bits per heavy atom. The molecule has 0 radical (unpaired) electrons. The highest BCUT2D eigenvalue weighted by molar-refractivity contribution is 6.01. The molecular weight excluding hydrogens is 366 g/mol. The summed E-state index contributed by atoms with van der Waals surface area (Å²) in [7, 11) is 1.50. The van der Waals surface area contributed by atoms with Crippen LogP contribution in [-0.4, -0.2) is 19.4 Å². The number of rotatable bonds is 6. The van der Waals surface area contributed by atoms with Crippen molar-refractivity contribution >= 4 is 16.7 Å². The van der Waals surface area contributed by atoms with Crippen LogP contribution >= 0.6 is 0 Å². The molecule has 0 saturated heterocycles. The van der Waals surface area contributed by atoms with Gasteiger partial charge in [-0.05, 0) is 12.1 Å². The third kappa shape index (κ3) is 4.19. The molecule has 0 amide bonds. The van der Waals surface area contributed by atoms with Gasteiger partial charge in [0.05, 0.1) is 5.39 Å². The maximum atomic E-state index is 12.5. The number of benzene rings is 3. The average Bonchev–Trinajstić information content (AvgIpc) is 2.77. The second-order valence-corrected chi connectivity index (χ2v) is 6.37. The summed E-state index contributed by atoms with van der Waals surface area (Å²) >= 11 is 0. The molecule has 29 heavy (non-hydrogen) atoms. The fraction of sp³-hybridized carbons (Fsp3) is 0.0833. The lowest BCUT2D eigenvalue weighted by molar-refractivity contribution is 0.210. The van der Waals surface area contributed by atoms with E-state index < -0.39 is 0 Å². The summed E-state index contributed by atoms with van der Waals surface area (Å²) in [5.74, 6) is 1.09. The zero-order valence-electron chi connectivity index (χ0n) is 15.9. The minimum absolute atomic E-state index is 0.0948. The summed E-state index contributed by atoms with van der Waals surface area (Å²) < 4.78 is 11.9. The molecule has 144 valence electrons. The summed E-state index contributed by atoms with van der Waals surface area (Å²) in [5, 5.41) is 4.56. The molecule has 4 rings (SSSR count). The number of fused-ring (bicyclic) bond motifs is 1. The first kappa shape index (κ1) is 18.5. The fourth-order valence-electron chi connectivity index (χ4n) is 3.02. The highest BCUT2D eigenvalue weighted by Gasteiger charge is 2.10. The van der Waals surface area contributed by atoms with Crippen LogP contribution in [0.3, 0.4) is 0 Å². The smallest absolute Gasteiger partial charge is 0.193 e. The first-order valence-corrected chi connectivity index (χ1v) is 9.16. The molecule has 0 aliphatic heterocycles. The van der Waals surface area contributed by atoms with E-state index >= 15 is 0 Å². The molecule has 0 N–H and O–H groups in total. The number of ether oxygens (including phenoxy) is 1. The van der Waals surface area contributed by atoms with Gasteiger partial charge in [0.15, 0.2) is 5.43 Å². The van der Waals surface area contributed by atoms with E-state index in [1.165, 1.54) is 13.2 Å². The SMILES string of the molecule is CO/N=C(/COc1ccc2c(=O)cc(-c3ccccc3)oc2c1)c1ccccc1. The van der Waals surface area contributed by atoms with E-state index in [-0.39, 0.29) is 12.0 Å². The van der Waals surface area contributed by atoms with E-state index in [1.54, 1.807) is 18.2 Å². The van der Waals surface area contributed by atoms with Crippen LogP contribution in [-0.2, 0) is 4.84 Å². The lowest BCUT2D eigenvalue weighted by Gasteiger charge is -2.10. The Kier molecular flexibility index (Phi) is 5.38. The summed E-state index contributed by atoms with van der Waals surface area (Å²) in [6, 6.07) is 25.9. The predicted molar refractivity (Wildman–Crippen MR) is 113 cm³/mol. The molecule has 0 bridgehead atoms. The first-order valence-electron chi connectivity index (χ1n) is 9.16. The number of oxime groups is 1. The number of hydrogen-bond donors (Lipinski definition) is 0. The molecule has 1 aromatic heterocycles. The fourth-order valence-corrected chi connectivity index (χ4v) is 3.02. The molecule has 4 aromatic rings. The van der Waals surface area contributed by atoms with Gasteiger partial charge in [0.1, 0.15) is 36.5 Å². The van der Waals surface area contributed by atoms with E-state index in [0.717, 1.165) is 11.1 Å². The zero-order valence-corrected chi connectivity index (χ0v) is 15.9. The number of nitrogens with zero attached hydrogens (tertiary/aromatic N) is 1. The van der Waals surface area contributed by atoms with Crippen molar-refractivity contribution in [2.45, 2.75) is 0 Å². The second-order valence-electron chi connectivity index (χ2n) is 6.37. The van der Waals surface area contributed by atoms with Gasteiger partial charge in [-0.1, -0.05) is 65.8 Å². The van der Waals surface area contributed by atoms with Crippen LogP contribution in [0.5, 0.6) is 5.75 Å². The Labute approximate surface area is 167 Å². The molecule has 0 aliphatic carbocycles. The topological polar surface area (TPSA) is 61.0 Å². The van der Waals surface area contributed by atoms with Crippen molar-refractivity contribution in [3.8, 4) is 17.1 Å². The molecule has 0 aliphatic rings. The van der Waals surface area contributed by atoms with Gasteiger partial charge in [0, 0.05) is 23.3 Å². The molecule has 5 heteroatoms. The van der Waals surface area contributed by atoms with Crippen molar-refractivity contribution in [2.24, 2.45) is 5.16 Å². The lowest BCUT2D eigenvalue weighted by Crippen LogP contribution is -2.13. The van der Waals surface area contributed by atoms with E-state index in [1.807, 2.05) is 60.7 Å². The zero-order chi connectivity index (χ0) is 20.1. The highest BCUT2D eigenvalue weighted by atomic mass is 16.6. The highest BCUT2D eigenvalue weighted by Crippen LogP contribution is 2.25. The molecule has 0 fully saturated rings. The summed E-state index contributed by atoms with van der Waals surface area (Å²) in [6.07, 6.45) is 0. The van der Waals surface area contributed by atoms with E-state index in [2.05, 4.69) is 5.16 Å². The molecule has 3 aromatic carbocycles.